The molecule has 1 fully saturated rings. The summed E-state index contributed by atoms with van der Waals surface area (Å²) in [5, 5.41) is 13.9. The summed E-state index contributed by atoms with van der Waals surface area (Å²) in [6.45, 7) is 0.533. The molecule has 7 nitrogen and oxygen atoms in total. The van der Waals surface area contributed by atoms with E-state index in [4.69, 9.17) is 9.84 Å². The first-order valence-corrected chi connectivity index (χ1v) is 5.80. The van der Waals surface area contributed by atoms with Gasteiger partial charge in [0.1, 0.15) is 5.41 Å². The summed E-state index contributed by atoms with van der Waals surface area (Å²) in [5.41, 5.74) is -1.33. The minimum atomic E-state index is -1.33. The SMILES string of the molecule is COCCNC(=O)CNC(=O)C1(C(=O)O)CCC1. The van der Waals surface area contributed by atoms with E-state index in [1.807, 2.05) is 0 Å². The van der Waals surface area contributed by atoms with Crippen molar-refractivity contribution in [3.05, 3.63) is 0 Å². The Bertz CT molecular complexity index is 338. The van der Waals surface area contributed by atoms with E-state index >= 15 is 0 Å². The van der Waals surface area contributed by atoms with Gasteiger partial charge in [-0.25, -0.2) is 0 Å². The van der Waals surface area contributed by atoms with E-state index in [-0.39, 0.29) is 12.5 Å². The van der Waals surface area contributed by atoms with Crippen LogP contribution >= 0.6 is 0 Å². The average molecular weight is 258 g/mol. The lowest BCUT2D eigenvalue weighted by molar-refractivity contribution is -0.162. The molecule has 1 aliphatic rings. The van der Waals surface area contributed by atoms with Gasteiger partial charge in [-0.1, -0.05) is 6.42 Å². The van der Waals surface area contributed by atoms with Crippen molar-refractivity contribution in [1.29, 1.82) is 0 Å². The standard InChI is InChI=1S/C11H18N2O5/c1-18-6-5-12-8(14)7-13-9(15)11(10(16)17)3-2-4-11/h2-7H2,1H3,(H,12,14)(H,13,15)(H,16,17). The van der Waals surface area contributed by atoms with Crippen LogP contribution in [0.1, 0.15) is 19.3 Å². The number of ether oxygens (including phenoxy) is 1. The van der Waals surface area contributed by atoms with Crippen LogP contribution < -0.4 is 10.6 Å². The quantitative estimate of drug-likeness (QED) is 0.406. The third kappa shape index (κ3) is 3.19. The molecule has 0 bridgehead atoms. The highest BCUT2D eigenvalue weighted by Gasteiger charge is 2.51. The normalized spacial score (nSPS) is 16.5. The molecular weight excluding hydrogens is 240 g/mol. The zero-order valence-corrected chi connectivity index (χ0v) is 10.3. The first-order valence-electron chi connectivity index (χ1n) is 5.80. The van der Waals surface area contributed by atoms with E-state index in [9.17, 15) is 14.4 Å². The first-order chi connectivity index (χ1) is 8.53. The number of amides is 2. The van der Waals surface area contributed by atoms with Gasteiger partial charge in [0, 0.05) is 13.7 Å². The Labute approximate surface area is 105 Å². The maximum atomic E-state index is 11.7. The number of rotatable bonds is 7. The Kier molecular flexibility index (Phi) is 5.08. The van der Waals surface area contributed by atoms with Crippen LogP contribution in [0.3, 0.4) is 0 Å². The van der Waals surface area contributed by atoms with Gasteiger partial charge in [0.25, 0.3) is 0 Å². The predicted molar refractivity (Wildman–Crippen MR) is 61.8 cm³/mol. The molecule has 1 saturated carbocycles. The minimum Gasteiger partial charge on any atom is -0.480 e. The number of aliphatic carboxylic acids is 1. The van der Waals surface area contributed by atoms with E-state index in [0.29, 0.717) is 26.0 Å². The maximum Gasteiger partial charge on any atom is 0.319 e. The number of carboxylic acid groups (broad SMARTS) is 1. The van der Waals surface area contributed by atoms with Gasteiger partial charge in [0.15, 0.2) is 0 Å². The van der Waals surface area contributed by atoms with E-state index in [1.54, 1.807) is 0 Å². The van der Waals surface area contributed by atoms with Crippen molar-refractivity contribution in [2.24, 2.45) is 5.41 Å². The average Bonchev–Trinajstić information content (AvgIpc) is 2.24. The number of carboxylic acids is 1. The minimum absolute atomic E-state index is 0.211. The number of nitrogens with one attached hydrogen (secondary N) is 2. The highest BCUT2D eigenvalue weighted by Crippen LogP contribution is 2.41. The number of carbonyl (C=O) groups excluding carboxylic acids is 2. The Balaban J connectivity index is 2.32. The van der Waals surface area contributed by atoms with E-state index in [0.717, 1.165) is 6.42 Å². The van der Waals surface area contributed by atoms with Crippen molar-refractivity contribution in [3.8, 4) is 0 Å². The second-order valence-electron chi connectivity index (χ2n) is 4.27. The summed E-state index contributed by atoms with van der Waals surface area (Å²) >= 11 is 0. The van der Waals surface area contributed by atoms with Crippen LogP contribution in [0.5, 0.6) is 0 Å². The van der Waals surface area contributed by atoms with Crippen LogP contribution in [0.15, 0.2) is 0 Å². The van der Waals surface area contributed by atoms with Gasteiger partial charge in [0.2, 0.25) is 11.8 Å². The molecule has 0 aromatic heterocycles. The maximum absolute atomic E-state index is 11.7. The molecule has 0 radical (unpaired) electrons. The lowest BCUT2D eigenvalue weighted by Gasteiger charge is -2.35. The zero-order chi connectivity index (χ0) is 13.6. The summed E-state index contributed by atoms with van der Waals surface area (Å²) in [7, 11) is 1.52. The molecule has 7 heteroatoms. The topological polar surface area (TPSA) is 105 Å². The summed E-state index contributed by atoms with van der Waals surface area (Å²) in [6.07, 6.45) is 1.39. The number of hydrogen-bond donors (Lipinski definition) is 3. The number of hydrogen-bond acceptors (Lipinski definition) is 4. The molecule has 0 aliphatic heterocycles. The zero-order valence-electron chi connectivity index (χ0n) is 10.3. The Hall–Kier alpha value is -1.63. The van der Waals surface area contributed by atoms with E-state index in [1.165, 1.54) is 7.11 Å². The third-order valence-corrected chi connectivity index (χ3v) is 3.09. The molecule has 3 N–H and O–H groups in total. The molecule has 0 heterocycles. The first kappa shape index (κ1) is 14.4. The fourth-order valence-corrected chi connectivity index (χ4v) is 1.75. The summed E-state index contributed by atoms with van der Waals surface area (Å²) in [4.78, 5) is 34.0. The lowest BCUT2D eigenvalue weighted by atomic mass is 9.68. The van der Waals surface area contributed by atoms with Gasteiger partial charge in [-0.3, -0.25) is 14.4 Å². The molecule has 0 aromatic rings. The molecule has 102 valence electrons. The van der Waals surface area contributed by atoms with Gasteiger partial charge in [0.05, 0.1) is 13.2 Å². The molecule has 1 rings (SSSR count). The van der Waals surface area contributed by atoms with E-state index < -0.39 is 17.3 Å². The Morgan fingerprint density at radius 3 is 2.39 bits per heavy atom. The third-order valence-electron chi connectivity index (χ3n) is 3.09. The molecular formula is C11H18N2O5. The monoisotopic (exact) mass is 258 g/mol. The van der Waals surface area contributed by atoms with Crippen LogP contribution in [0.25, 0.3) is 0 Å². The molecule has 2 amide bonds. The fraction of sp³-hybridized carbons (Fsp3) is 0.727. The molecule has 0 spiro atoms. The Morgan fingerprint density at radius 2 is 1.94 bits per heavy atom. The molecule has 0 saturated heterocycles. The van der Waals surface area contributed by atoms with Crippen LogP contribution in [-0.2, 0) is 19.1 Å². The molecule has 18 heavy (non-hydrogen) atoms. The van der Waals surface area contributed by atoms with Crippen molar-refractivity contribution < 1.29 is 24.2 Å². The van der Waals surface area contributed by atoms with Gasteiger partial charge >= 0.3 is 5.97 Å². The second kappa shape index (κ2) is 6.34. The van der Waals surface area contributed by atoms with Gasteiger partial charge < -0.3 is 20.5 Å². The molecule has 0 aromatic carbocycles. The van der Waals surface area contributed by atoms with Gasteiger partial charge in [-0.2, -0.15) is 0 Å². The van der Waals surface area contributed by atoms with Crippen LogP contribution in [0.2, 0.25) is 0 Å². The lowest BCUT2D eigenvalue weighted by Crippen LogP contribution is -2.52. The van der Waals surface area contributed by atoms with Crippen molar-refractivity contribution >= 4 is 17.8 Å². The van der Waals surface area contributed by atoms with Crippen LogP contribution in [0.4, 0.5) is 0 Å². The molecule has 0 unspecified atom stereocenters. The van der Waals surface area contributed by atoms with Gasteiger partial charge in [-0.15, -0.1) is 0 Å². The highest BCUT2D eigenvalue weighted by atomic mass is 16.5. The van der Waals surface area contributed by atoms with Crippen molar-refractivity contribution in [1.82, 2.24) is 10.6 Å². The highest BCUT2D eigenvalue weighted by molar-refractivity contribution is 6.03. The van der Waals surface area contributed by atoms with Crippen LogP contribution in [0, 0.1) is 5.41 Å². The summed E-state index contributed by atoms with van der Waals surface area (Å²) < 4.78 is 4.75. The number of carbonyl (C=O) groups is 3. The van der Waals surface area contributed by atoms with Crippen molar-refractivity contribution in [3.63, 3.8) is 0 Å². The predicted octanol–water partition coefficient (Wildman–Crippen LogP) is -0.880. The van der Waals surface area contributed by atoms with Crippen molar-refractivity contribution in [2.45, 2.75) is 19.3 Å². The molecule has 0 atom stereocenters. The second-order valence-corrected chi connectivity index (χ2v) is 4.27. The van der Waals surface area contributed by atoms with Crippen molar-refractivity contribution in [2.75, 3.05) is 26.8 Å². The van der Waals surface area contributed by atoms with Crippen LogP contribution in [-0.4, -0.2) is 49.7 Å². The smallest absolute Gasteiger partial charge is 0.319 e. The number of methoxy groups -OCH3 is 1. The van der Waals surface area contributed by atoms with E-state index in [2.05, 4.69) is 10.6 Å². The summed E-state index contributed by atoms with van der Waals surface area (Å²) in [6, 6.07) is 0. The molecule has 1 aliphatic carbocycles. The summed E-state index contributed by atoms with van der Waals surface area (Å²) in [5.74, 6) is -2.06. The fourth-order valence-electron chi connectivity index (χ4n) is 1.75. The van der Waals surface area contributed by atoms with Gasteiger partial charge in [-0.05, 0) is 12.8 Å². The Morgan fingerprint density at radius 1 is 1.28 bits per heavy atom. The largest absolute Gasteiger partial charge is 0.480 e.